The zero-order chi connectivity index (χ0) is 21.5. The van der Waals surface area contributed by atoms with E-state index < -0.39 is 5.97 Å². The average molecular weight is 413 g/mol. The van der Waals surface area contributed by atoms with Crippen LogP contribution in [0.3, 0.4) is 0 Å². The van der Waals surface area contributed by atoms with E-state index in [1.54, 1.807) is 25.1 Å². The molecule has 0 amide bonds. The topological polar surface area (TPSA) is 120 Å². The van der Waals surface area contributed by atoms with Gasteiger partial charge in [0.1, 0.15) is 12.0 Å². The third-order valence-electron chi connectivity index (χ3n) is 4.95. The van der Waals surface area contributed by atoms with Crippen molar-refractivity contribution in [3.8, 4) is 0 Å². The van der Waals surface area contributed by atoms with Crippen LogP contribution in [-0.4, -0.2) is 48.2 Å². The molecule has 160 valence electrons. The molecule has 30 heavy (non-hydrogen) atoms. The normalized spacial score (nSPS) is 14.3. The zero-order valence-electron chi connectivity index (χ0n) is 17.3. The number of aromatic nitrogens is 2. The van der Waals surface area contributed by atoms with Crippen molar-refractivity contribution < 1.29 is 19.1 Å². The molecule has 3 N–H and O–H groups in total. The second-order valence-electron chi connectivity index (χ2n) is 6.86. The van der Waals surface area contributed by atoms with Gasteiger partial charge in [0.15, 0.2) is 11.6 Å². The summed E-state index contributed by atoms with van der Waals surface area (Å²) < 4.78 is 10.2. The molecule has 0 unspecified atom stereocenters. The van der Waals surface area contributed by atoms with Gasteiger partial charge in [-0.1, -0.05) is 12.1 Å². The lowest BCUT2D eigenvalue weighted by atomic mass is 9.97. The van der Waals surface area contributed by atoms with Crippen LogP contribution in [0.2, 0.25) is 0 Å². The number of para-hydroxylation sites is 1. The van der Waals surface area contributed by atoms with Gasteiger partial charge in [0, 0.05) is 13.1 Å². The highest BCUT2D eigenvalue weighted by atomic mass is 16.5. The molecule has 0 bridgehead atoms. The molecular weight excluding hydrogens is 386 g/mol. The lowest BCUT2D eigenvalue weighted by Crippen LogP contribution is -2.37. The van der Waals surface area contributed by atoms with Gasteiger partial charge in [0.2, 0.25) is 0 Å². The minimum Gasteiger partial charge on any atom is -0.466 e. The lowest BCUT2D eigenvalue weighted by Gasteiger charge is -2.32. The SMILES string of the molecule is CCOC(=O)c1ccccc1Nc1ncnc(N2CCC(C(=O)OCC)CC2)c1N. The maximum atomic E-state index is 12.2. The summed E-state index contributed by atoms with van der Waals surface area (Å²) in [4.78, 5) is 34.8. The number of nitrogen functional groups attached to an aromatic ring is 1. The molecular formula is C21H27N5O4. The van der Waals surface area contributed by atoms with Crippen molar-refractivity contribution in [2.75, 3.05) is 42.3 Å². The smallest absolute Gasteiger partial charge is 0.340 e. The van der Waals surface area contributed by atoms with Crippen molar-refractivity contribution in [2.24, 2.45) is 5.92 Å². The third-order valence-corrected chi connectivity index (χ3v) is 4.95. The fraction of sp³-hybridized carbons (Fsp3) is 0.429. The quantitative estimate of drug-likeness (QED) is 0.660. The number of esters is 2. The van der Waals surface area contributed by atoms with Gasteiger partial charge in [0.25, 0.3) is 0 Å². The van der Waals surface area contributed by atoms with E-state index >= 15 is 0 Å². The number of anilines is 4. The first-order chi connectivity index (χ1) is 14.5. The number of benzene rings is 1. The van der Waals surface area contributed by atoms with Crippen molar-refractivity contribution in [3.05, 3.63) is 36.2 Å². The van der Waals surface area contributed by atoms with Crippen molar-refractivity contribution in [3.63, 3.8) is 0 Å². The first-order valence-corrected chi connectivity index (χ1v) is 10.1. The van der Waals surface area contributed by atoms with Gasteiger partial charge >= 0.3 is 11.9 Å². The van der Waals surface area contributed by atoms with Gasteiger partial charge in [-0.25, -0.2) is 14.8 Å². The predicted molar refractivity (Wildman–Crippen MR) is 114 cm³/mol. The van der Waals surface area contributed by atoms with E-state index in [-0.39, 0.29) is 18.5 Å². The Hall–Kier alpha value is -3.36. The fourth-order valence-electron chi connectivity index (χ4n) is 3.43. The van der Waals surface area contributed by atoms with Crippen molar-refractivity contribution in [1.82, 2.24) is 9.97 Å². The molecule has 2 heterocycles. The predicted octanol–water partition coefficient (Wildman–Crippen LogP) is 2.76. The van der Waals surface area contributed by atoms with Crippen LogP contribution in [0.5, 0.6) is 0 Å². The Kier molecular flexibility index (Phi) is 7.05. The van der Waals surface area contributed by atoms with E-state index in [1.165, 1.54) is 6.33 Å². The number of hydrogen-bond acceptors (Lipinski definition) is 9. The number of nitrogens with one attached hydrogen (secondary N) is 1. The molecule has 0 spiro atoms. The number of nitrogens with zero attached hydrogens (tertiary/aromatic N) is 3. The van der Waals surface area contributed by atoms with Crippen LogP contribution in [0.15, 0.2) is 30.6 Å². The molecule has 1 saturated heterocycles. The number of rotatable bonds is 7. The van der Waals surface area contributed by atoms with Crippen molar-refractivity contribution >= 4 is 34.9 Å². The highest BCUT2D eigenvalue weighted by Gasteiger charge is 2.28. The van der Waals surface area contributed by atoms with Crippen LogP contribution in [-0.2, 0) is 14.3 Å². The first-order valence-electron chi connectivity index (χ1n) is 10.1. The summed E-state index contributed by atoms with van der Waals surface area (Å²) in [5.41, 5.74) is 7.68. The molecule has 0 atom stereocenters. The standard InChI is InChI=1S/C21H27N5O4/c1-3-29-20(27)14-9-11-26(12-10-14)19-17(22)18(23-13-24-19)25-16-8-6-5-7-15(16)21(28)30-4-2/h5-8,13-14H,3-4,9-12,22H2,1-2H3,(H,23,24,25). The van der Waals surface area contributed by atoms with Crippen molar-refractivity contribution in [2.45, 2.75) is 26.7 Å². The summed E-state index contributed by atoms with van der Waals surface area (Å²) in [6, 6.07) is 7.01. The Labute approximate surface area is 175 Å². The second-order valence-corrected chi connectivity index (χ2v) is 6.86. The van der Waals surface area contributed by atoms with Gasteiger partial charge in [-0.2, -0.15) is 0 Å². The number of carbonyl (C=O) groups excluding carboxylic acids is 2. The van der Waals surface area contributed by atoms with E-state index in [0.29, 0.717) is 61.1 Å². The van der Waals surface area contributed by atoms with Gasteiger partial charge in [-0.3, -0.25) is 4.79 Å². The molecule has 1 aromatic carbocycles. The van der Waals surface area contributed by atoms with Crippen molar-refractivity contribution in [1.29, 1.82) is 0 Å². The maximum absolute atomic E-state index is 12.2. The minimum absolute atomic E-state index is 0.0988. The number of hydrogen-bond donors (Lipinski definition) is 2. The molecule has 2 aromatic rings. The minimum atomic E-state index is -0.422. The molecule has 0 saturated carbocycles. The Morgan fingerprint density at radius 2 is 1.83 bits per heavy atom. The summed E-state index contributed by atoms with van der Waals surface area (Å²) in [5.74, 6) is 0.339. The van der Waals surface area contributed by atoms with E-state index in [9.17, 15) is 9.59 Å². The maximum Gasteiger partial charge on any atom is 0.340 e. The summed E-state index contributed by atoms with van der Waals surface area (Å²) in [5, 5.41) is 3.13. The molecule has 9 heteroatoms. The highest BCUT2D eigenvalue weighted by Crippen LogP contribution is 2.32. The second kappa shape index (κ2) is 9.91. The van der Waals surface area contributed by atoms with Crippen LogP contribution < -0.4 is 16.0 Å². The van der Waals surface area contributed by atoms with Gasteiger partial charge in [-0.05, 0) is 38.8 Å². The van der Waals surface area contributed by atoms with Gasteiger partial charge in [-0.15, -0.1) is 0 Å². The van der Waals surface area contributed by atoms with Crippen LogP contribution in [0.1, 0.15) is 37.0 Å². The van der Waals surface area contributed by atoms with Crippen LogP contribution in [0.4, 0.5) is 23.0 Å². The summed E-state index contributed by atoms with van der Waals surface area (Å²) >= 11 is 0. The number of ether oxygens (including phenoxy) is 2. The van der Waals surface area contributed by atoms with E-state index in [0.717, 1.165) is 0 Å². The van der Waals surface area contributed by atoms with E-state index in [2.05, 4.69) is 15.3 Å². The molecule has 0 radical (unpaired) electrons. The van der Waals surface area contributed by atoms with Gasteiger partial charge < -0.3 is 25.4 Å². The van der Waals surface area contributed by atoms with Crippen LogP contribution in [0.25, 0.3) is 0 Å². The Balaban J connectivity index is 1.76. The lowest BCUT2D eigenvalue weighted by molar-refractivity contribution is -0.148. The highest BCUT2D eigenvalue weighted by molar-refractivity contribution is 5.97. The molecule has 1 fully saturated rings. The molecule has 0 aliphatic carbocycles. The summed E-state index contributed by atoms with van der Waals surface area (Å²) in [7, 11) is 0. The first kappa shape index (κ1) is 21.4. The summed E-state index contributed by atoms with van der Waals surface area (Å²) in [6.45, 7) is 5.53. The number of carbonyl (C=O) groups is 2. The third kappa shape index (κ3) is 4.79. The number of piperidine rings is 1. The van der Waals surface area contributed by atoms with Gasteiger partial charge in [0.05, 0.1) is 30.4 Å². The average Bonchev–Trinajstić information content (AvgIpc) is 2.76. The zero-order valence-corrected chi connectivity index (χ0v) is 17.3. The van der Waals surface area contributed by atoms with Crippen LogP contribution in [0, 0.1) is 5.92 Å². The van der Waals surface area contributed by atoms with E-state index in [4.69, 9.17) is 15.2 Å². The van der Waals surface area contributed by atoms with E-state index in [1.807, 2.05) is 17.9 Å². The molecule has 1 aliphatic rings. The van der Waals surface area contributed by atoms with Crippen LogP contribution >= 0.6 is 0 Å². The molecule has 1 aromatic heterocycles. The largest absolute Gasteiger partial charge is 0.466 e. The summed E-state index contributed by atoms with van der Waals surface area (Å²) in [6.07, 6.45) is 2.78. The monoisotopic (exact) mass is 413 g/mol. The molecule has 1 aliphatic heterocycles. The number of nitrogens with two attached hydrogens (primary N) is 1. The Morgan fingerprint density at radius 3 is 2.53 bits per heavy atom. The Bertz CT molecular complexity index is 897. The Morgan fingerprint density at radius 1 is 1.13 bits per heavy atom. The fourth-order valence-corrected chi connectivity index (χ4v) is 3.43. The molecule has 3 rings (SSSR count). The molecule has 9 nitrogen and oxygen atoms in total.